The van der Waals surface area contributed by atoms with E-state index in [1.165, 1.54) is 12.1 Å². The van der Waals surface area contributed by atoms with Gasteiger partial charge in [-0.05, 0) is 88.0 Å². The third-order valence-corrected chi connectivity index (χ3v) is 11.9. The van der Waals surface area contributed by atoms with Gasteiger partial charge < -0.3 is 14.9 Å². The highest BCUT2D eigenvalue weighted by Crippen LogP contribution is 2.56. The molecule has 1 heterocycles. The molecule has 36 heavy (non-hydrogen) atoms. The van der Waals surface area contributed by atoms with E-state index >= 15 is 0 Å². The number of cyclic esters (lactones) is 1. The van der Waals surface area contributed by atoms with Crippen LogP contribution >= 0.6 is 63.7 Å². The van der Waals surface area contributed by atoms with Crippen molar-refractivity contribution in [2.24, 2.45) is 0 Å². The first-order chi connectivity index (χ1) is 16.5. The average molecular weight is 794 g/mol. The fourth-order valence-corrected chi connectivity index (χ4v) is 7.62. The largest absolute Gasteiger partial charge is 0.506 e. The van der Waals surface area contributed by atoms with Crippen molar-refractivity contribution in [1.29, 1.82) is 0 Å². The molecule has 0 aliphatic carbocycles. The third-order valence-electron chi connectivity index (χ3n) is 5.36. The lowest BCUT2D eigenvalue weighted by atomic mass is 9.80. The minimum Gasteiger partial charge on any atom is -0.506 e. The number of carbonyl (C=O) groups is 1. The van der Waals surface area contributed by atoms with Gasteiger partial charge in [-0.1, -0.05) is 12.1 Å². The molecule has 0 unspecified atom stereocenters. The van der Waals surface area contributed by atoms with Crippen LogP contribution in [0, 0.1) is 0 Å². The number of ether oxygens (including phenoxy) is 1. The fourth-order valence-electron chi connectivity index (χ4n) is 3.85. The Kier molecular flexibility index (Phi) is 6.91. The van der Waals surface area contributed by atoms with Crippen LogP contribution in [0.5, 0.6) is 11.5 Å². The Bertz CT molecular complexity index is 1620. The van der Waals surface area contributed by atoms with Crippen LogP contribution in [0.1, 0.15) is 27.0 Å². The van der Waals surface area contributed by atoms with E-state index < -0.39 is 53.1 Å². The zero-order chi connectivity index (χ0) is 27.0. The van der Waals surface area contributed by atoms with E-state index in [1.54, 1.807) is 0 Å². The zero-order valence-electron chi connectivity index (χ0n) is 17.0. The number of halogens is 4. The Morgan fingerprint density at radius 2 is 1.11 bits per heavy atom. The molecular formula is C20H10Br4O10S2. The van der Waals surface area contributed by atoms with Crippen molar-refractivity contribution >= 4 is 89.9 Å². The number of benzene rings is 3. The van der Waals surface area contributed by atoms with E-state index in [9.17, 15) is 40.9 Å². The summed E-state index contributed by atoms with van der Waals surface area (Å²) in [5, 5.41) is 20.1. The normalized spacial score (nSPS) is 15.0. The first-order valence-electron chi connectivity index (χ1n) is 9.23. The maximum atomic E-state index is 13.2. The van der Waals surface area contributed by atoms with Crippen molar-refractivity contribution in [3.05, 3.63) is 76.5 Å². The summed E-state index contributed by atoms with van der Waals surface area (Å²) in [6.07, 6.45) is 0. The van der Waals surface area contributed by atoms with Crippen molar-refractivity contribution < 1.29 is 45.7 Å². The molecule has 0 saturated heterocycles. The summed E-state index contributed by atoms with van der Waals surface area (Å²) in [4.78, 5) is 11.4. The van der Waals surface area contributed by atoms with E-state index in [0.29, 0.717) is 8.95 Å². The number of hydrogen-bond donors (Lipinski definition) is 4. The predicted octanol–water partition coefficient (Wildman–Crippen LogP) is 5.10. The van der Waals surface area contributed by atoms with Gasteiger partial charge >= 0.3 is 5.97 Å². The Morgan fingerprint density at radius 3 is 1.53 bits per heavy atom. The molecule has 0 atom stereocenters. The van der Waals surface area contributed by atoms with Crippen LogP contribution in [0.3, 0.4) is 0 Å². The standard InChI is InChI=1S/C20H10Br4O10S2/c21-15-13-14(16(22)18(24)17(15)23)20(34-19(13)27,7-1-3-9(25)11(5-7)35(28,29)30)8-2-4-10(26)12(6-8)36(31,32)33/h1-6,25-26H,(H,28,29,30)(H,31,32,33). The molecule has 4 rings (SSSR count). The van der Waals surface area contributed by atoms with Crippen LogP contribution < -0.4 is 0 Å². The van der Waals surface area contributed by atoms with Crippen LogP contribution in [0.15, 0.2) is 64.1 Å². The topological polar surface area (TPSA) is 176 Å². The average Bonchev–Trinajstić information content (AvgIpc) is 3.09. The third kappa shape index (κ3) is 4.20. The number of carbonyl (C=O) groups excluding carboxylic acids is 1. The number of hydrogen-bond acceptors (Lipinski definition) is 8. The summed E-state index contributed by atoms with van der Waals surface area (Å²) in [7, 11) is -9.92. The summed E-state index contributed by atoms with van der Waals surface area (Å²) in [5.41, 5.74) is -2.31. The molecule has 0 amide bonds. The SMILES string of the molecule is O=C1OC(c2ccc(O)c(S(=O)(=O)O)c2)(c2ccc(O)c(S(=O)(=O)O)c2)c2c(Br)c(Br)c(Br)c(Br)c21. The lowest BCUT2D eigenvalue weighted by Gasteiger charge is -2.32. The minimum atomic E-state index is -4.96. The molecule has 1 aliphatic rings. The van der Waals surface area contributed by atoms with Gasteiger partial charge in [0.05, 0.1) is 5.56 Å². The first-order valence-corrected chi connectivity index (χ1v) is 15.3. The lowest BCUT2D eigenvalue weighted by Crippen LogP contribution is -2.30. The Balaban J connectivity index is 2.25. The fraction of sp³-hybridized carbons (Fsp3) is 0.0500. The van der Waals surface area contributed by atoms with Crippen LogP contribution in [0.4, 0.5) is 0 Å². The molecule has 0 radical (unpaired) electrons. The second-order valence-electron chi connectivity index (χ2n) is 7.39. The van der Waals surface area contributed by atoms with Crippen molar-refractivity contribution in [3.8, 4) is 11.5 Å². The molecular weight excluding hydrogens is 784 g/mol. The quantitative estimate of drug-likeness (QED) is 0.120. The van der Waals surface area contributed by atoms with Gasteiger partial charge in [0.15, 0.2) is 5.60 Å². The van der Waals surface area contributed by atoms with Crippen LogP contribution in [-0.2, 0) is 30.6 Å². The van der Waals surface area contributed by atoms with Gasteiger partial charge in [-0.15, -0.1) is 0 Å². The minimum absolute atomic E-state index is 0.0279. The van der Waals surface area contributed by atoms with Gasteiger partial charge in [-0.25, -0.2) is 4.79 Å². The highest BCUT2D eigenvalue weighted by molar-refractivity contribution is 9.15. The molecule has 10 nitrogen and oxygen atoms in total. The Morgan fingerprint density at radius 1 is 0.694 bits per heavy atom. The molecule has 1 aliphatic heterocycles. The number of fused-ring (bicyclic) bond motifs is 1. The molecule has 0 aromatic heterocycles. The number of aromatic hydroxyl groups is 2. The van der Waals surface area contributed by atoms with E-state index in [2.05, 4.69) is 63.7 Å². The van der Waals surface area contributed by atoms with E-state index in [0.717, 1.165) is 24.3 Å². The summed E-state index contributed by atoms with van der Waals surface area (Å²) in [6.45, 7) is 0. The van der Waals surface area contributed by atoms with E-state index in [4.69, 9.17) is 4.74 Å². The van der Waals surface area contributed by atoms with Crippen molar-refractivity contribution in [2.45, 2.75) is 15.4 Å². The van der Waals surface area contributed by atoms with E-state index in [1.807, 2.05) is 0 Å². The van der Waals surface area contributed by atoms with Gasteiger partial charge in [-0.2, -0.15) is 16.8 Å². The summed E-state index contributed by atoms with van der Waals surface area (Å²) in [5.74, 6) is -2.52. The lowest BCUT2D eigenvalue weighted by molar-refractivity contribution is 0.0248. The molecule has 3 aromatic carbocycles. The highest BCUT2D eigenvalue weighted by Gasteiger charge is 2.52. The van der Waals surface area contributed by atoms with Crippen LogP contribution in [0.2, 0.25) is 0 Å². The van der Waals surface area contributed by atoms with Crippen molar-refractivity contribution in [2.75, 3.05) is 0 Å². The van der Waals surface area contributed by atoms with Gasteiger partial charge in [0, 0.05) is 34.6 Å². The molecule has 3 aromatic rings. The van der Waals surface area contributed by atoms with Gasteiger partial charge in [0.25, 0.3) is 20.2 Å². The summed E-state index contributed by atoms with van der Waals surface area (Å²) < 4.78 is 74.1. The number of rotatable bonds is 4. The second kappa shape index (κ2) is 9.04. The van der Waals surface area contributed by atoms with Gasteiger partial charge in [0.2, 0.25) is 0 Å². The zero-order valence-corrected chi connectivity index (χ0v) is 25.0. The maximum absolute atomic E-state index is 13.2. The molecule has 190 valence electrons. The Hall–Kier alpha value is -1.53. The Labute approximate surface area is 237 Å². The molecule has 0 spiro atoms. The van der Waals surface area contributed by atoms with Crippen molar-refractivity contribution in [1.82, 2.24) is 0 Å². The molecule has 0 saturated carbocycles. The van der Waals surface area contributed by atoms with Gasteiger partial charge in [-0.3, -0.25) is 9.11 Å². The van der Waals surface area contributed by atoms with Crippen molar-refractivity contribution in [3.63, 3.8) is 0 Å². The molecule has 0 fully saturated rings. The van der Waals surface area contributed by atoms with Crippen LogP contribution in [-0.4, -0.2) is 42.1 Å². The number of esters is 1. The van der Waals surface area contributed by atoms with Gasteiger partial charge in [0.1, 0.15) is 21.3 Å². The van der Waals surface area contributed by atoms with E-state index in [-0.39, 0.29) is 31.2 Å². The molecule has 0 bridgehead atoms. The maximum Gasteiger partial charge on any atom is 0.341 e. The first kappa shape index (κ1) is 27.5. The highest BCUT2D eigenvalue weighted by atomic mass is 79.9. The van der Waals surface area contributed by atoms with Crippen LogP contribution in [0.25, 0.3) is 0 Å². The molecule has 16 heteroatoms. The number of phenols is 2. The molecule has 4 N–H and O–H groups in total. The predicted molar refractivity (Wildman–Crippen MR) is 138 cm³/mol. The number of phenolic OH excluding ortho intramolecular Hbond substituents is 2. The monoisotopic (exact) mass is 790 g/mol. The smallest absolute Gasteiger partial charge is 0.341 e. The summed E-state index contributed by atoms with van der Waals surface area (Å²) >= 11 is 13.4. The second-order valence-corrected chi connectivity index (χ2v) is 13.3. The summed E-state index contributed by atoms with van der Waals surface area (Å²) in [6, 6.07) is 5.97.